The van der Waals surface area contributed by atoms with Crippen molar-refractivity contribution in [3.8, 4) is 0 Å². The average Bonchev–Trinajstić information content (AvgIpc) is 3.16. The Kier molecular flexibility index (Phi) is 3.96. The third kappa shape index (κ3) is 3.11. The lowest BCUT2D eigenvalue weighted by molar-refractivity contribution is -0.105. The first kappa shape index (κ1) is 13.8. The quantitative estimate of drug-likeness (QED) is 0.807. The summed E-state index contributed by atoms with van der Waals surface area (Å²) in [5.41, 5.74) is 0.526. The molecule has 0 spiro atoms. The Morgan fingerprint density at radius 1 is 1.38 bits per heavy atom. The van der Waals surface area contributed by atoms with Crippen LogP contribution in [0.1, 0.15) is 42.1 Å². The molecule has 2 aromatic rings. The molecular formula is C15H17N3O3. The summed E-state index contributed by atoms with van der Waals surface area (Å²) in [5, 5.41) is 4.32. The number of aryl methyl sites for hydroxylation is 1. The molecule has 0 bridgehead atoms. The Hall–Kier alpha value is -2.21. The standard InChI is InChI=1S/C15H17N3O3/c1-2-18-10-16-14(17-18)12-8-9-13(20-12)21-15(19)11-6-4-3-5-7-11/h3-7,10,12-13H,2,8-9H2,1H3. The number of ether oxygens (including phenoxy) is 2. The number of carbonyl (C=O) groups excluding carboxylic acids is 1. The first-order valence-corrected chi connectivity index (χ1v) is 7.07. The minimum absolute atomic E-state index is 0.202. The fourth-order valence-electron chi connectivity index (χ4n) is 2.25. The van der Waals surface area contributed by atoms with E-state index in [0.717, 1.165) is 13.0 Å². The Labute approximate surface area is 122 Å². The van der Waals surface area contributed by atoms with Crippen molar-refractivity contribution in [2.75, 3.05) is 0 Å². The summed E-state index contributed by atoms with van der Waals surface area (Å²) in [4.78, 5) is 16.2. The molecule has 0 amide bonds. The number of carbonyl (C=O) groups is 1. The van der Waals surface area contributed by atoms with Crippen LogP contribution in [0, 0.1) is 0 Å². The Morgan fingerprint density at radius 3 is 2.90 bits per heavy atom. The fraction of sp³-hybridized carbons (Fsp3) is 0.400. The van der Waals surface area contributed by atoms with E-state index in [-0.39, 0.29) is 12.1 Å². The topological polar surface area (TPSA) is 66.2 Å². The summed E-state index contributed by atoms with van der Waals surface area (Å²) >= 11 is 0. The van der Waals surface area contributed by atoms with E-state index in [9.17, 15) is 4.79 Å². The highest BCUT2D eigenvalue weighted by atomic mass is 16.7. The molecule has 3 rings (SSSR count). The summed E-state index contributed by atoms with van der Waals surface area (Å²) in [6.45, 7) is 2.77. The maximum Gasteiger partial charge on any atom is 0.340 e. The van der Waals surface area contributed by atoms with Gasteiger partial charge in [0.05, 0.1) is 5.56 Å². The second kappa shape index (κ2) is 6.05. The maximum absolute atomic E-state index is 12.0. The van der Waals surface area contributed by atoms with Crippen LogP contribution in [0.15, 0.2) is 36.7 Å². The first-order chi connectivity index (χ1) is 10.3. The summed E-state index contributed by atoms with van der Waals surface area (Å²) in [7, 11) is 0. The van der Waals surface area contributed by atoms with Crippen molar-refractivity contribution in [2.45, 2.75) is 38.7 Å². The molecule has 0 saturated carbocycles. The number of nitrogens with zero attached hydrogens (tertiary/aromatic N) is 3. The molecule has 1 aromatic carbocycles. The Balaban J connectivity index is 1.58. The lowest BCUT2D eigenvalue weighted by Gasteiger charge is -2.12. The van der Waals surface area contributed by atoms with Gasteiger partial charge in [-0.25, -0.2) is 9.78 Å². The summed E-state index contributed by atoms with van der Waals surface area (Å²) in [5.74, 6) is 0.281. The van der Waals surface area contributed by atoms with E-state index in [1.165, 1.54) is 0 Å². The number of rotatable bonds is 4. The molecule has 6 heteroatoms. The van der Waals surface area contributed by atoms with Crippen LogP contribution in [0.2, 0.25) is 0 Å². The molecule has 1 aromatic heterocycles. The molecule has 2 atom stereocenters. The van der Waals surface area contributed by atoms with E-state index in [4.69, 9.17) is 9.47 Å². The van der Waals surface area contributed by atoms with E-state index < -0.39 is 6.29 Å². The average molecular weight is 287 g/mol. The van der Waals surface area contributed by atoms with Crippen molar-refractivity contribution in [1.82, 2.24) is 14.8 Å². The molecule has 1 fully saturated rings. The highest BCUT2D eigenvalue weighted by molar-refractivity contribution is 5.89. The zero-order valence-electron chi connectivity index (χ0n) is 11.8. The molecule has 110 valence electrons. The van der Waals surface area contributed by atoms with Gasteiger partial charge in [0.15, 0.2) is 5.82 Å². The van der Waals surface area contributed by atoms with Gasteiger partial charge in [-0.3, -0.25) is 4.68 Å². The van der Waals surface area contributed by atoms with Crippen molar-refractivity contribution in [2.24, 2.45) is 0 Å². The van der Waals surface area contributed by atoms with Gasteiger partial charge in [-0.15, -0.1) is 0 Å². The predicted molar refractivity (Wildman–Crippen MR) is 74.4 cm³/mol. The lowest BCUT2D eigenvalue weighted by Crippen LogP contribution is -2.17. The molecular weight excluding hydrogens is 270 g/mol. The fourth-order valence-corrected chi connectivity index (χ4v) is 2.25. The molecule has 2 heterocycles. The van der Waals surface area contributed by atoms with Crippen LogP contribution in [0.4, 0.5) is 0 Å². The number of benzene rings is 1. The van der Waals surface area contributed by atoms with Gasteiger partial charge in [-0.1, -0.05) is 18.2 Å². The van der Waals surface area contributed by atoms with Crippen LogP contribution >= 0.6 is 0 Å². The molecule has 21 heavy (non-hydrogen) atoms. The Morgan fingerprint density at radius 2 is 2.19 bits per heavy atom. The molecule has 0 N–H and O–H groups in total. The first-order valence-electron chi connectivity index (χ1n) is 7.07. The minimum Gasteiger partial charge on any atom is -0.432 e. The molecule has 6 nitrogen and oxygen atoms in total. The van der Waals surface area contributed by atoms with Crippen LogP contribution in [-0.4, -0.2) is 27.0 Å². The van der Waals surface area contributed by atoms with E-state index in [1.807, 2.05) is 13.0 Å². The number of hydrogen-bond donors (Lipinski definition) is 0. The van der Waals surface area contributed by atoms with Crippen molar-refractivity contribution in [1.29, 1.82) is 0 Å². The van der Waals surface area contributed by atoms with Crippen LogP contribution < -0.4 is 0 Å². The van der Waals surface area contributed by atoms with Crippen molar-refractivity contribution >= 4 is 5.97 Å². The zero-order valence-corrected chi connectivity index (χ0v) is 11.8. The molecule has 0 radical (unpaired) electrons. The van der Waals surface area contributed by atoms with Gasteiger partial charge >= 0.3 is 5.97 Å². The number of hydrogen-bond acceptors (Lipinski definition) is 5. The third-order valence-corrected chi connectivity index (χ3v) is 3.39. The smallest absolute Gasteiger partial charge is 0.340 e. The highest BCUT2D eigenvalue weighted by Crippen LogP contribution is 2.31. The van der Waals surface area contributed by atoms with Crippen LogP contribution in [-0.2, 0) is 16.0 Å². The number of esters is 1. The van der Waals surface area contributed by atoms with Gasteiger partial charge in [0.25, 0.3) is 0 Å². The van der Waals surface area contributed by atoms with Gasteiger partial charge in [-0.05, 0) is 25.5 Å². The van der Waals surface area contributed by atoms with Gasteiger partial charge in [0.1, 0.15) is 12.4 Å². The SMILES string of the molecule is CCn1cnc(C2CCC(OC(=O)c3ccccc3)O2)n1. The van der Waals surface area contributed by atoms with Crippen LogP contribution in [0.25, 0.3) is 0 Å². The normalized spacial score (nSPS) is 21.4. The largest absolute Gasteiger partial charge is 0.432 e. The predicted octanol–water partition coefficient (Wildman–Crippen LogP) is 2.33. The van der Waals surface area contributed by atoms with Crippen molar-refractivity contribution in [3.05, 3.63) is 48.0 Å². The van der Waals surface area contributed by atoms with Gasteiger partial charge < -0.3 is 9.47 Å². The summed E-state index contributed by atoms with van der Waals surface area (Å²) in [6.07, 6.45) is 2.36. The van der Waals surface area contributed by atoms with Crippen molar-refractivity contribution in [3.63, 3.8) is 0 Å². The minimum atomic E-state index is -0.531. The number of aromatic nitrogens is 3. The Bertz CT molecular complexity index is 612. The molecule has 1 aliphatic rings. The van der Waals surface area contributed by atoms with E-state index in [2.05, 4.69) is 10.1 Å². The van der Waals surface area contributed by atoms with Crippen LogP contribution in [0.3, 0.4) is 0 Å². The van der Waals surface area contributed by atoms with Gasteiger partial charge in [0.2, 0.25) is 6.29 Å². The van der Waals surface area contributed by atoms with Gasteiger partial charge in [0, 0.05) is 13.0 Å². The second-order valence-electron chi connectivity index (χ2n) is 4.86. The second-order valence-corrected chi connectivity index (χ2v) is 4.86. The maximum atomic E-state index is 12.0. The van der Waals surface area contributed by atoms with E-state index >= 15 is 0 Å². The van der Waals surface area contributed by atoms with Crippen molar-refractivity contribution < 1.29 is 14.3 Å². The van der Waals surface area contributed by atoms with E-state index in [0.29, 0.717) is 17.8 Å². The van der Waals surface area contributed by atoms with E-state index in [1.54, 1.807) is 35.3 Å². The highest BCUT2D eigenvalue weighted by Gasteiger charge is 2.31. The third-order valence-electron chi connectivity index (χ3n) is 3.39. The van der Waals surface area contributed by atoms with Crippen LogP contribution in [0.5, 0.6) is 0 Å². The zero-order chi connectivity index (χ0) is 14.7. The monoisotopic (exact) mass is 287 g/mol. The molecule has 0 aliphatic carbocycles. The van der Waals surface area contributed by atoms with Gasteiger partial charge in [-0.2, -0.15) is 5.10 Å². The summed E-state index contributed by atoms with van der Waals surface area (Å²) in [6, 6.07) is 8.90. The molecule has 1 aliphatic heterocycles. The summed E-state index contributed by atoms with van der Waals surface area (Å²) < 4.78 is 12.8. The lowest BCUT2D eigenvalue weighted by atomic mass is 10.2. The molecule has 2 unspecified atom stereocenters. The molecule has 1 saturated heterocycles.